The maximum absolute atomic E-state index is 13.1. The van der Waals surface area contributed by atoms with Gasteiger partial charge in [0.2, 0.25) is 5.78 Å². The summed E-state index contributed by atoms with van der Waals surface area (Å²) in [4.78, 5) is 11.1. The number of aliphatic hydroxyl groups excluding tert-OH is 1. The number of halogens is 7. The Balaban J connectivity index is 3.12. The molecule has 0 radical (unpaired) electrons. The van der Waals surface area contributed by atoms with Gasteiger partial charge in [0.05, 0.1) is 7.11 Å². The zero-order valence-corrected chi connectivity index (χ0v) is 11.3. The largest absolute Gasteiger partial charge is 0.507 e. The molecule has 1 N–H and O–H groups in total. The number of hydrogen-bond donors (Lipinski definition) is 1. The third-order valence-electron chi connectivity index (χ3n) is 2.71. The van der Waals surface area contributed by atoms with Gasteiger partial charge in [0.15, 0.2) is 0 Å². The molecule has 0 spiro atoms. The van der Waals surface area contributed by atoms with E-state index in [1.165, 1.54) is 19.2 Å². The third-order valence-corrected chi connectivity index (χ3v) is 2.71. The average Bonchev–Trinajstić information content (AvgIpc) is 2.45. The van der Waals surface area contributed by atoms with Gasteiger partial charge in [-0.05, 0) is 24.3 Å². The van der Waals surface area contributed by atoms with E-state index in [0.717, 1.165) is 12.1 Å². The number of hydrogen-bond acceptors (Lipinski definition) is 3. The Morgan fingerprint density at radius 2 is 1.52 bits per heavy atom. The van der Waals surface area contributed by atoms with Crippen LogP contribution < -0.4 is 4.74 Å². The molecule has 0 aromatic heterocycles. The molecule has 3 nitrogen and oxygen atoms in total. The lowest BCUT2D eigenvalue weighted by atomic mass is 10.0. The first kappa shape index (κ1) is 18.8. The van der Waals surface area contributed by atoms with Crippen LogP contribution in [0, 0.1) is 0 Å². The summed E-state index contributed by atoms with van der Waals surface area (Å²) in [6.07, 6.45) is -7.02. The van der Waals surface area contributed by atoms with Gasteiger partial charge in [-0.1, -0.05) is 0 Å². The highest BCUT2D eigenvalue weighted by atomic mass is 19.4. The van der Waals surface area contributed by atoms with Gasteiger partial charge in [0.1, 0.15) is 11.5 Å². The molecular formula is C13H9F7O3. The monoisotopic (exact) mass is 346 g/mol. The molecule has 0 amide bonds. The molecular weight excluding hydrogens is 337 g/mol. The van der Waals surface area contributed by atoms with Crippen LogP contribution in [0.5, 0.6) is 5.75 Å². The van der Waals surface area contributed by atoms with E-state index in [0.29, 0.717) is 5.75 Å². The Morgan fingerprint density at radius 3 is 1.91 bits per heavy atom. The molecule has 1 rings (SSSR count). The van der Waals surface area contributed by atoms with E-state index >= 15 is 0 Å². The van der Waals surface area contributed by atoms with E-state index in [1.807, 2.05) is 0 Å². The number of alkyl halides is 7. The molecule has 0 aliphatic carbocycles. The van der Waals surface area contributed by atoms with Crippen molar-refractivity contribution in [3.05, 3.63) is 35.9 Å². The van der Waals surface area contributed by atoms with Crippen molar-refractivity contribution in [3.63, 3.8) is 0 Å². The quantitative estimate of drug-likeness (QED) is 0.498. The Bertz CT molecular complexity index is 603. The molecule has 0 saturated carbocycles. The van der Waals surface area contributed by atoms with Crippen LogP contribution in [0.25, 0.3) is 5.76 Å². The van der Waals surface area contributed by atoms with E-state index in [9.17, 15) is 40.6 Å². The van der Waals surface area contributed by atoms with Gasteiger partial charge >= 0.3 is 18.0 Å². The summed E-state index contributed by atoms with van der Waals surface area (Å²) in [5.74, 6) is -16.4. The smallest absolute Gasteiger partial charge is 0.460 e. The van der Waals surface area contributed by atoms with Crippen LogP contribution >= 0.6 is 0 Å². The average molecular weight is 346 g/mol. The zero-order chi connectivity index (χ0) is 18.1. The lowest BCUT2D eigenvalue weighted by molar-refractivity contribution is -0.342. The number of methoxy groups -OCH3 is 1. The molecule has 0 atom stereocenters. The van der Waals surface area contributed by atoms with E-state index in [1.54, 1.807) is 0 Å². The predicted molar refractivity (Wildman–Crippen MR) is 64.6 cm³/mol. The number of carbonyl (C=O) groups is 1. The van der Waals surface area contributed by atoms with Crippen molar-refractivity contribution in [2.24, 2.45) is 0 Å². The second kappa shape index (κ2) is 6.09. The molecule has 23 heavy (non-hydrogen) atoms. The summed E-state index contributed by atoms with van der Waals surface area (Å²) < 4.78 is 92.2. The topological polar surface area (TPSA) is 46.5 Å². The minimum atomic E-state index is -6.63. The maximum atomic E-state index is 13.1. The first-order chi connectivity index (χ1) is 10.3. The highest BCUT2D eigenvalue weighted by Crippen LogP contribution is 2.47. The molecule has 0 aliphatic rings. The van der Waals surface area contributed by atoms with E-state index in [4.69, 9.17) is 4.74 Å². The van der Waals surface area contributed by atoms with Crippen LogP contribution in [0.2, 0.25) is 0 Å². The van der Waals surface area contributed by atoms with E-state index < -0.39 is 29.6 Å². The predicted octanol–water partition coefficient (Wildman–Crippen LogP) is 4.00. The molecule has 0 unspecified atom stereocenters. The number of ether oxygens (including phenoxy) is 1. The molecule has 1 aromatic rings. The molecule has 0 saturated heterocycles. The minimum Gasteiger partial charge on any atom is -0.507 e. The standard InChI is InChI=1S/C13H9F7O3/c1-23-8-4-2-7(3-5-8)9(21)6-10(22)11(14,15)12(16,17)13(18,19)20/h2-6,21H,1H3/b9-6-. The summed E-state index contributed by atoms with van der Waals surface area (Å²) in [5, 5.41) is 9.43. The summed E-state index contributed by atoms with van der Waals surface area (Å²) in [7, 11) is 1.30. The van der Waals surface area contributed by atoms with Crippen LogP contribution in [-0.2, 0) is 4.79 Å². The molecule has 1 aromatic carbocycles. The van der Waals surface area contributed by atoms with E-state index in [-0.39, 0.29) is 11.6 Å². The molecule has 128 valence electrons. The number of carbonyl (C=O) groups excluding carboxylic acids is 1. The van der Waals surface area contributed by atoms with Crippen LogP contribution in [0.3, 0.4) is 0 Å². The summed E-state index contributed by atoms with van der Waals surface area (Å²) >= 11 is 0. The lowest BCUT2D eigenvalue weighted by Gasteiger charge is -2.26. The van der Waals surface area contributed by atoms with E-state index in [2.05, 4.69) is 0 Å². The van der Waals surface area contributed by atoms with Crippen molar-refractivity contribution in [2.75, 3.05) is 7.11 Å². The highest BCUT2D eigenvalue weighted by molar-refractivity contribution is 6.01. The zero-order valence-electron chi connectivity index (χ0n) is 11.3. The van der Waals surface area contributed by atoms with Crippen LogP contribution in [0.15, 0.2) is 30.3 Å². The Morgan fingerprint density at radius 1 is 1.04 bits per heavy atom. The SMILES string of the molecule is COc1ccc(/C(O)=C/C(=O)C(F)(F)C(F)(F)C(F)(F)F)cc1. The minimum absolute atomic E-state index is 0.259. The van der Waals surface area contributed by atoms with Gasteiger partial charge in [-0.25, -0.2) is 0 Å². The number of ketones is 1. The fraction of sp³-hybridized carbons (Fsp3) is 0.308. The normalized spacial score (nSPS) is 13.8. The van der Waals surface area contributed by atoms with Crippen LogP contribution in [0.1, 0.15) is 5.56 Å². The van der Waals surface area contributed by atoms with Crippen LogP contribution in [-0.4, -0.2) is 36.0 Å². The molecule has 0 bridgehead atoms. The summed E-state index contributed by atoms with van der Waals surface area (Å²) in [6, 6.07) is 4.65. The van der Waals surface area contributed by atoms with Crippen molar-refractivity contribution in [1.82, 2.24) is 0 Å². The number of rotatable bonds is 5. The molecule has 0 fully saturated rings. The number of benzene rings is 1. The molecule has 10 heteroatoms. The summed E-state index contributed by atoms with van der Waals surface area (Å²) in [5.41, 5.74) is -0.259. The van der Waals surface area contributed by atoms with Crippen molar-refractivity contribution in [3.8, 4) is 5.75 Å². The van der Waals surface area contributed by atoms with Crippen molar-refractivity contribution in [1.29, 1.82) is 0 Å². The fourth-order valence-electron chi connectivity index (χ4n) is 1.39. The first-order valence-corrected chi connectivity index (χ1v) is 5.76. The first-order valence-electron chi connectivity index (χ1n) is 5.76. The van der Waals surface area contributed by atoms with Gasteiger partial charge in [-0.3, -0.25) is 4.79 Å². The number of aliphatic hydroxyl groups is 1. The third kappa shape index (κ3) is 3.57. The number of allylic oxidation sites excluding steroid dienone is 1. The Kier molecular flexibility index (Phi) is 4.97. The fourth-order valence-corrected chi connectivity index (χ4v) is 1.39. The second-order valence-electron chi connectivity index (χ2n) is 4.27. The Labute approximate surface area is 125 Å². The second-order valence-corrected chi connectivity index (χ2v) is 4.27. The van der Waals surface area contributed by atoms with Gasteiger partial charge in [0, 0.05) is 11.6 Å². The molecule has 0 aliphatic heterocycles. The maximum Gasteiger partial charge on any atom is 0.460 e. The lowest BCUT2D eigenvalue weighted by Crippen LogP contribution is -2.55. The van der Waals surface area contributed by atoms with Gasteiger partial charge in [-0.15, -0.1) is 0 Å². The molecule has 0 heterocycles. The van der Waals surface area contributed by atoms with Crippen molar-refractivity contribution >= 4 is 11.5 Å². The Hall–Kier alpha value is -2.26. The highest BCUT2D eigenvalue weighted by Gasteiger charge is 2.75. The van der Waals surface area contributed by atoms with Gasteiger partial charge in [0.25, 0.3) is 0 Å². The summed E-state index contributed by atoms with van der Waals surface area (Å²) in [6.45, 7) is 0. The van der Waals surface area contributed by atoms with Gasteiger partial charge in [-0.2, -0.15) is 30.7 Å². The van der Waals surface area contributed by atoms with Gasteiger partial charge < -0.3 is 9.84 Å². The van der Waals surface area contributed by atoms with Crippen molar-refractivity contribution < 1.29 is 45.4 Å². The van der Waals surface area contributed by atoms with Crippen LogP contribution in [0.4, 0.5) is 30.7 Å². The van der Waals surface area contributed by atoms with Crippen molar-refractivity contribution in [2.45, 2.75) is 18.0 Å².